The van der Waals surface area contributed by atoms with Crippen LogP contribution in [0.15, 0.2) is 24.3 Å². The van der Waals surface area contributed by atoms with Gasteiger partial charge in [-0.05, 0) is 23.8 Å². The predicted molar refractivity (Wildman–Crippen MR) is 111 cm³/mol. The van der Waals surface area contributed by atoms with E-state index in [0.717, 1.165) is 24.3 Å². The minimum Gasteiger partial charge on any atom is -0.494 e. The van der Waals surface area contributed by atoms with Crippen molar-refractivity contribution in [3.8, 4) is 17.1 Å². The number of hydrogen-bond donors (Lipinski definition) is 1. The Labute approximate surface area is 164 Å². The summed E-state index contributed by atoms with van der Waals surface area (Å²) in [5.74, 6) is 1.47. The van der Waals surface area contributed by atoms with Gasteiger partial charge in [0.2, 0.25) is 5.82 Å². The van der Waals surface area contributed by atoms with Crippen LogP contribution in [0.2, 0.25) is 0 Å². The van der Waals surface area contributed by atoms with E-state index in [9.17, 15) is 0 Å². The molecule has 0 spiro atoms. The van der Waals surface area contributed by atoms with Crippen molar-refractivity contribution >= 4 is 0 Å². The number of unbranched alkanes of at least 4 members (excludes halogenated alkanes) is 12. The molecular weight excluding hydrogens is 336 g/mol. The molecule has 0 aliphatic carbocycles. The number of nitrogens with one attached hydrogen (secondary N) is 1. The SMILES string of the molecule is CCCCCCCCCCCCCCCOc1cccc(-c2nn[nH]n2)c1. The first-order valence-corrected chi connectivity index (χ1v) is 10.9. The predicted octanol–water partition coefficient (Wildman–Crippen LogP) is 6.34. The van der Waals surface area contributed by atoms with E-state index in [2.05, 4.69) is 27.5 Å². The Kier molecular flexibility index (Phi) is 11.2. The summed E-state index contributed by atoms with van der Waals surface area (Å²) in [4.78, 5) is 0. The van der Waals surface area contributed by atoms with E-state index < -0.39 is 0 Å². The van der Waals surface area contributed by atoms with E-state index in [4.69, 9.17) is 4.74 Å². The summed E-state index contributed by atoms with van der Waals surface area (Å²) in [6, 6.07) is 7.87. The molecule has 0 aliphatic heterocycles. The lowest BCUT2D eigenvalue weighted by Gasteiger charge is -2.07. The zero-order valence-electron chi connectivity index (χ0n) is 17.0. The van der Waals surface area contributed by atoms with Crippen LogP contribution in [-0.2, 0) is 0 Å². The number of hydrogen-bond acceptors (Lipinski definition) is 4. The van der Waals surface area contributed by atoms with Crippen molar-refractivity contribution in [1.29, 1.82) is 0 Å². The van der Waals surface area contributed by atoms with Crippen LogP contribution in [0.5, 0.6) is 5.75 Å². The van der Waals surface area contributed by atoms with Crippen molar-refractivity contribution in [1.82, 2.24) is 20.6 Å². The Morgan fingerprint density at radius 2 is 1.44 bits per heavy atom. The molecule has 2 aromatic rings. The molecule has 1 aromatic heterocycles. The van der Waals surface area contributed by atoms with Crippen LogP contribution in [-0.4, -0.2) is 27.2 Å². The second-order valence-corrected chi connectivity index (χ2v) is 7.35. The largest absolute Gasteiger partial charge is 0.494 e. The molecule has 0 fully saturated rings. The highest BCUT2D eigenvalue weighted by Crippen LogP contribution is 2.20. The second kappa shape index (κ2) is 14.2. The Hall–Kier alpha value is -1.91. The summed E-state index contributed by atoms with van der Waals surface area (Å²) in [5.41, 5.74) is 0.923. The number of ether oxygens (including phenoxy) is 1. The van der Waals surface area contributed by atoms with Gasteiger partial charge in [0, 0.05) is 5.56 Å². The second-order valence-electron chi connectivity index (χ2n) is 7.35. The van der Waals surface area contributed by atoms with Crippen LogP contribution >= 0.6 is 0 Å². The average molecular weight is 373 g/mol. The van der Waals surface area contributed by atoms with Crippen molar-refractivity contribution in [2.45, 2.75) is 90.4 Å². The number of rotatable bonds is 16. The summed E-state index contributed by atoms with van der Waals surface area (Å²) in [5, 5.41) is 14.1. The van der Waals surface area contributed by atoms with Gasteiger partial charge in [0.15, 0.2) is 0 Å². The zero-order valence-corrected chi connectivity index (χ0v) is 17.0. The van der Waals surface area contributed by atoms with Gasteiger partial charge in [0.05, 0.1) is 6.61 Å². The van der Waals surface area contributed by atoms with Crippen LogP contribution in [0.4, 0.5) is 0 Å². The third-order valence-electron chi connectivity index (χ3n) is 4.95. The molecule has 1 heterocycles. The molecule has 0 atom stereocenters. The fourth-order valence-corrected chi connectivity index (χ4v) is 3.32. The van der Waals surface area contributed by atoms with Crippen LogP contribution in [0.1, 0.15) is 90.4 Å². The number of nitrogens with zero attached hydrogens (tertiary/aromatic N) is 3. The van der Waals surface area contributed by atoms with E-state index in [1.807, 2.05) is 24.3 Å². The summed E-state index contributed by atoms with van der Waals surface area (Å²) < 4.78 is 5.86. The molecule has 5 heteroatoms. The first-order chi connectivity index (χ1) is 13.4. The highest BCUT2D eigenvalue weighted by molar-refractivity contribution is 5.56. The highest BCUT2D eigenvalue weighted by Gasteiger charge is 2.04. The summed E-state index contributed by atoms with van der Waals surface area (Å²) >= 11 is 0. The molecule has 0 saturated heterocycles. The lowest BCUT2D eigenvalue weighted by atomic mass is 10.0. The minimum atomic E-state index is 0.599. The van der Waals surface area contributed by atoms with Gasteiger partial charge in [-0.3, -0.25) is 0 Å². The van der Waals surface area contributed by atoms with Crippen LogP contribution in [0, 0.1) is 0 Å². The van der Waals surface area contributed by atoms with Gasteiger partial charge in [0.25, 0.3) is 0 Å². The Morgan fingerprint density at radius 1 is 0.815 bits per heavy atom. The molecule has 0 unspecified atom stereocenters. The normalized spacial score (nSPS) is 11.0. The monoisotopic (exact) mass is 372 g/mol. The van der Waals surface area contributed by atoms with Crippen molar-refractivity contribution in [3.63, 3.8) is 0 Å². The molecule has 0 radical (unpaired) electrons. The Morgan fingerprint density at radius 3 is 2.04 bits per heavy atom. The third-order valence-corrected chi connectivity index (χ3v) is 4.95. The lowest BCUT2D eigenvalue weighted by Crippen LogP contribution is -1.97. The van der Waals surface area contributed by atoms with E-state index in [-0.39, 0.29) is 0 Å². The van der Waals surface area contributed by atoms with Crippen LogP contribution < -0.4 is 4.74 Å². The maximum absolute atomic E-state index is 5.86. The lowest BCUT2D eigenvalue weighted by molar-refractivity contribution is 0.304. The average Bonchev–Trinajstić information content (AvgIpc) is 3.23. The first-order valence-electron chi connectivity index (χ1n) is 10.9. The van der Waals surface area contributed by atoms with Crippen LogP contribution in [0.25, 0.3) is 11.4 Å². The van der Waals surface area contributed by atoms with E-state index in [1.54, 1.807) is 0 Å². The minimum absolute atomic E-state index is 0.599. The van der Waals surface area contributed by atoms with Gasteiger partial charge in [-0.1, -0.05) is 96.1 Å². The van der Waals surface area contributed by atoms with Gasteiger partial charge >= 0.3 is 0 Å². The molecule has 1 N–H and O–H groups in total. The molecule has 150 valence electrons. The molecular formula is C22H36N4O. The fourth-order valence-electron chi connectivity index (χ4n) is 3.32. The number of benzene rings is 1. The summed E-state index contributed by atoms with van der Waals surface area (Å²) in [6.07, 6.45) is 17.8. The smallest absolute Gasteiger partial charge is 0.204 e. The maximum Gasteiger partial charge on any atom is 0.204 e. The van der Waals surface area contributed by atoms with Crippen LogP contribution in [0.3, 0.4) is 0 Å². The summed E-state index contributed by atoms with van der Waals surface area (Å²) in [6.45, 7) is 3.05. The third kappa shape index (κ3) is 9.55. The number of aromatic amines is 1. The van der Waals surface area contributed by atoms with Gasteiger partial charge < -0.3 is 4.74 Å². The molecule has 27 heavy (non-hydrogen) atoms. The van der Waals surface area contributed by atoms with Crippen molar-refractivity contribution < 1.29 is 4.74 Å². The maximum atomic E-state index is 5.86. The summed E-state index contributed by atoms with van der Waals surface area (Å²) in [7, 11) is 0. The van der Waals surface area contributed by atoms with Crippen molar-refractivity contribution in [2.75, 3.05) is 6.61 Å². The van der Waals surface area contributed by atoms with E-state index in [0.29, 0.717) is 5.82 Å². The van der Waals surface area contributed by atoms with Crippen molar-refractivity contribution in [3.05, 3.63) is 24.3 Å². The van der Waals surface area contributed by atoms with Gasteiger partial charge in [-0.15, -0.1) is 10.2 Å². The van der Waals surface area contributed by atoms with E-state index >= 15 is 0 Å². The molecule has 0 aliphatic rings. The topological polar surface area (TPSA) is 63.7 Å². The molecule has 2 rings (SSSR count). The zero-order chi connectivity index (χ0) is 19.0. The van der Waals surface area contributed by atoms with E-state index in [1.165, 1.54) is 77.0 Å². The van der Waals surface area contributed by atoms with Gasteiger partial charge in [-0.25, -0.2) is 0 Å². The quantitative estimate of drug-likeness (QED) is 0.349. The molecule has 5 nitrogen and oxygen atoms in total. The number of aromatic nitrogens is 4. The molecule has 1 aromatic carbocycles. The highest BCUT2D eigenvalue weighted by atomic mass is 16.5. The standard InChI is InChI=1S/C22H36N4O/c1-2-3-4-5-6-7-8-9-10-11-12-13-14-18-27-21-17-15-16-20(19-21)22-23-25-26-24-22/h15-17,19H,2-14,18H2,1H3,(H,23,24,25,26). The first kappa shape index (κ1) is 21.4. The van der Waals surface area contributed by atoms with Crippen molar-refractivity contribution in [2.24, 2.45) is 0 Å². The molecule has 0 bridgehead atoms. The Bertz CT molecular complexity index is 586. The molecule has 0 amide bonds. The van der Waals surface area contributed by atoms with Gasteiger partial charge in [-0.2, -0.15) is 5.21 Å². The van der Waals surface area contributed by atoms with Gasteiger partial charge in [0.1, 0.15) is 5.75 Å². The number of H-pyrrole nitrogens is 1. The number of tetrazole rings is 1. The molecule has 0 saturated carbocycles. The Balaban J connectivity index is 1.41. The fraction of sp³-hybridized carbons (Fsp3) is 0.682.